The molecule has 2 heterocycles. The lowest BCUT2D eigenvalue weighted by Gasteiger charge is -2.36. The fourth-order valence-electron chi connectivity index (χ4n) is 3.67. The van der Waals surface area contributed by atoms with Gasteiger partial charge in [-0.1, -0.05) is 12.8 Å². The van der Waals surface area contributed by atoms with Crippen LogP contribution in [-0.4, -0.2) is 55.8 Å². The van der Waals surface area contributed by atoms with Crippen LogP contribution in [0, 0.1) is 5.92 Å². The zero-order valence-electron chi connectivity index (χ0n) is 10.8. The predicted octanol–water partition coefficient (Wildman–Crippen LogP) is 0.401. The maximum Gasteiger partial charge on any atom is 0.282 e. The molecule has 2 atom stereocenters. The van der Waals surface area contributed by atoms with Gasteiger partial charge in [0.25, 0.3) is 10.2 Å². The average molecular weight is 273 g/mol. The standard InChI is InChI=1S/C12H23N3O2S/c16-18(17,14-9-6-13-7-10-14)15-8-5-11-3-1-2-4-12(11)15/h11-13H,1-10H2. The van der Waals surface area contributed by atoms with Gasteiger partial charge in [0.05, 0.1) is 0 Å². The Morgan fingerprint density at radius 1 is 0.944 bits per heavy atom. The summed E-state index contributed by atoms with van der Waals surface area (Å²) in [6, 6.07) is 0.290. The van der Waals surface area contributed by atoms with Crippen LogP contribution in [0.5, 0.6) is 0 Å². The molecule has 1 aliphatic carbocycles. The summed E-state index contributed by atoms with van der Waals surface area (Å²) in [4.78, 5) is 0. The van der Waals surface area contributed by atoms with Gasteiger partial charge in [-0.15, -0.1) is 0 Å². The fourth-order valence-corrected chi connectivity index (χ4v) is 5.57. The summed E-state index contributed by atoms with van der Waals surface area (Å²) in [5.41, 5.74) is 0. The largest absolute Gasteiger partial charge is 0.314 e. The van der Waals surface area contributed by atoms with Crippen LogP contribution in [0.2, 0.25) is 0 Å². The first kappa shape index (κ1) is 12.8. The lowest BCUT2D eigenvalue weighted by Crippen LogP contribution is -2.53. The molecule has 2 saturated heterocycles. The van der Waals surface area contributed by atoms with Gasteiger partial charge in [-0.05, 0) is 25.2 Å². The summed E-state index contributed by atoms with van der Waals surface area (Å²) in [5.74, 6) is 0.622. The maximum atomic E-state index is 12.7. The number of fused-ring (bicyclic) bond motifs is 1. The molecule has 0 radical (unpaired) electrons. The molecule has 2 unspecified atom stereocenters. The summed E-state index contributed by atoms with van der Waals surface area (Å²) in [5, 5.41) is 3.21. The summed E-state index contributed by atoms with van der Waals surface area (Å²) < 4.78 is 28.8. The van der Waals surface area contributed by atoms with Gasteiger partial charge in [0.1, 0.15) is 0 Å². The molecule has 3 fully saturated rings. The summed E-state index contributed by atoms with van der Waals surface area (Å²) in [6.07, 6.45) is 5.82. The molecular formula is C12H23N3O2S. The Hall–Kier alpha value is -0.170. The Morgan fingerprint density at radius 2 is 1.67 bits per heavy atom. The minimum Gasteiger partial charge on any atom is -0.314 e. The van der Waals surface area contributed by atoms with Gasteiger partial charge in [-0.3, -0.25) is 0 Å². The van der Waals surface area contributed by atoms with E-state index >= 15 is 0 Å². The zero-order valence-corrected chi connectivity index (χ0v) is 11.7. The third-order valence-corrected chi connectivity index (χ3v) is 6.72. The van der Waals surface area contributed by atoms with Crippen molar-refractivity contribution in [2.75, 3.05) is 32.7 Å². The number of hydrogen-bond acceptors (Lipinski definition) is 3. The number of nitrogens with zero attached hydrogens (tertiary/aromatic N) is 2. The summed E-state index contributed by atoms with van der Waals surface area (Å²) in [6.45, 7) is 3.54. The molecule has 5 nitrogen and oxygen atoms in total. The molecule has 3 rings (SSSR count). The Bertz CT molecular complexity index is 392. The highest BCUT2D eigenvalue weighted by Gasteiger charge is 2.43. The maximum absolute atomic E-state index is 12.7. The van der Waals surface area contributed by atoms with Crippen LogP contribution in [0.15, 0.2) is 0 Å². The Kier molecular flexibility index (Phi) is 3.62. The van der Waals surface area contributed by atoms with E-state index in [1.165, 1.54) is 19.3 Å². The van der Waals surface area contributed by atoms with Crippen LogP contribution in [0.1, 0.15) is 32.1 Å². The van der Waals surface area contributed by atoms with E-state index in [1.54, 1.807) is 4.31 Å². The molecule has 0 aromatic heterocycles. The van der Waals surface area contributed by atoms with Gasteiger partial charge < -0.3 is 5.32 Å². The predicted molar refractivity (Wildman–Crippen MR) is 70.4 cm³/mol. The molecule has 0 aromatic carbocycles. The normalized spacial score (nSPS) is 35.6. The highest BCUT2D eigenvalue weighted by atomic mass is 32.2. The van der Waals surface area contributed by atoms with E-state index in [0.717, 1.165) is 32.5 Å². The first-order valence-electron chi connectivity index (χ1n) is 7.17. The lowest BCUT2D eigenvalue weighted by atomic mass is 9.86. The van der Waals surface area contributed by atoms with Gasteiger partial charge >= 0.3 is 0 Å². The topological polar surface area (TPSA) is 52.7 Å². The number of nitrogens with one attached hydrogen (secondary N) is 1. The molecular weight excluding hydrogens is 250 g/mol. The Balaban J connectivity index is 1.76. The molecule has 6 heteroatoms. The Labute approximate surface area is 110 Å². The number of piperazine rings is 1. The quantitative estimate of drug-likeness (QED) is 0.792. The van der Waals surface area contributed by atoms with Gasteiger partial charge in [0, 0.05) is 38.8 Å². The van der Waals surface area contributed by atoms with Gasteiger partial charge in [-0.25, -0.2) is 0 Å². The minimum atomic E-state index is -3.21. The van der Waals surface area contributed by atoms with E-state index in [1.807, 2.05) is 4.31 Å². The van der Waals surface area contributed by atoms with Crippen molar-refractivity contribution in [1.82, 2.24) is 13.9 Å². The first-order chi connectivity index (χ1) is 8.69. The SMILES string of the molecule is O=S(=O)(N1CCNCC1)N1CCC2CCCCC21. The minimum absolute atomic E-state index is 0.290. The van der Waals surface area contributed by atoms with Crippen molar-refractivity contribution in [3.8, 4) is 0 Å². The smallest absolute Gasteiger partial charge is 0.282 e. The van der Waals surface area contributed by atoms with Crippen molar-refractivity contribution in [3.63, 3.8) is 0 Å². The second-order valence-electron chi connectivity index (χ2n) is 5.67. The van der Waals surface area contributed by atoms with Crippen LogP contribution in [0.3, 0.4) is 0 Å². The van der Waals surface area contributed by atoms with Crippen molar-refractivity contribution in [2.45, 2.75) is 38.1 Å². The van der Waals surface area contributed by atoms with Gasteiger partial charge in [-0.2, -0.15) is 17.0 Å². The second-order valence-corrected chi connectivity index (χ2v) is 7.55. The third-order valence-electron chi connectivity index (χ3n) is 4.66. The highest BCUT2D eigenvalue weighted by molar-refractivity contribution is 7.86. The fraction of sp³-hybridized carbons (Fsp3) is 1.00. The van der Waals surface area contributed by atoms with E-state index in [-0.39, 0.29) is 0 Å². The van der Waals surface area contributed by atoms with E-state index in [0.29, 0.717) is 25.0 Å². The van der Waals surface area contributed by atoms with Crippen LogP contribution >= 0.6 is 0 Å². The second kappa shape index (κ2) is 5.07. The molecule has 1 N–H and O–H groups in total. The third kappa shape index (κ3) is 2.19. The van der Waals surface area contributed by atoms with Crippen LogP contribution < -0.4 is 5.32 Å². The molecule has 3 aliphatic rings. The van der Waals surface area contributed by atoms with Crippen molar-refractivity contribution in [2.24, 2.45) is 5.92 Å². The highest BCUT2D eigenvalue weighted by Crippen LogP contribution is 2.38. The number of rotatable bonds is 2. The zero-order chi connectivity index (χ0) is 12.6. The van der Waals surface area contributed by atoms with E-state index < -0.39 is 10.2 Å². The van der Waals surface area contributed by atoms with E-state index in [2.05, 4.69) is 5.32 Å². The van der Waals surface area contributed by atoms with Crippen molar-refractivity contribution < 1.29 is 8.42 Å². The van der Waals surface area contributed by atoms with E-state index in [4.69, 9.17) is 0 Å². The number of hydrogen-bond donors (Lipinski definition) is 1. The van der Waals surface area contributed by atoms with Gasteiger partial charge in [0.2, 0.25) is 0 Å². The molecule has 104 valence electrons. The first-order valence-corrected chi connectivity index (χ1v) is 8.57. The van der Waals surface area contributed by atoms with Crippen LogP contribution in [0.25, 0.3) is 0 Å². The molecule has 0 bridgehead atoms. The monoisotopic (exact) mass is 273 g/mol. The molecule has 18 heavy (non-hydrogen) atoms. The average Bonchev–Trinajstić information content (AvgIpc) is 2.84. The molecule has 2 aliphatic heterocycles. The van der Waals surface area contributed by atoms with Crippen molar-refractivity contribution >= 4 is 10.2 Å². The molecule has 1 saturated carbocycles. The molecule has 0 spiro atoms. The molecule has 0 aromatic rings. The van der Waals surface area contributed by atoms with Crippen LogP contribution in [-0.2, 0) is 10.2 Å². The summed E-state index contributed by atoms with van der Waals surface area (Å²) in [7, 11) is -3.21. The lowest BCUT2D eigenvalue weighted by molar-refractivity contribution is 0.240. The van der Waals surface area contributed by atoms with Crippen molar-refractivity contribution in [3.05, 3.63) is 0 Å². The Morgan fingerprint density at radius 3 is 2.44 bits per heavy atom. The summed E-state index contributed by atoms with van der Waals surface area (Å²) >= 11 is 0. The van der Waals surface area contributed by atoms with Crippen molar-refractivity contribution in [1.29, 1.82) is 0 Å². The van der Waals surface area contributed by atoms with Gasteiger partial charge in [0.15, 0.2) is 0 Å². The molecule has 0 amide bonds. The van der Waals surface area contributed by atoms with E-state index in [9.17, 15) is 8.42 Å². The van der Waals surface area contributed by atoms with Crippen LogP contribution in [0.4, 0.5) is 0 Å².